The van der Waals surface area contributed by atoms with Crippen LogP contribution in [0.15, 0.2) is 18.2 Å². The monoisotopic (exact) mass is 246 g/mol. The van der Waals surface area contributed by atoms with E-state index >= 15 is 0 Å². The SMILES string of the molecule is Cc1ccc(C(C)CBr)cc1Cl. The highest BCUT2D eigenvalue weighted by Crippen LogP contribution is 2.23. The van der Waals surface area contributed by atoms with E-state index in [1.54, 1.807) is 0 Å². The van der Waals surface area contributed by atoms with Crippen LogP contribution in [0.5, 0.6) is 0 Å². The van der Waals surface area contributed by atoms with Crippen LogP contribution in [0.4, 0.5) is 0 Å². The summed E-state index contributed by atoms with van der Waals surface area (Å²) in [5, 5.41) is 1.84. The Morgan fingerprint density at radius 1 is 1.50 bits per heavy atom. The van der Waals surface area contributed by atoms with Crippen LogP contribution < -0.4 is 0 Å². The van der Waals surface area contributed by atoms with Crippen molar-refractivity contribution in [2.75, 3.05) is 5.33 Å². The highest BCUT2D eigenvalue weighted by Gasteiger charge is 2.04. The fourth-order valence-corrected chi connectivity index (χ4v) is 1.57. The second kappa shape index (κ2) is 4.29. The van der Waals surface area contributed by atoms with Gasteiger partial charge in [0.15, 0.2) is 0 Å². The van der Waals surface area contributed by atoms with Gasteiger partial charge in [-0.05, 0) is 30.0 Å². The molecule has 0 nitrogen and oxygen atoms in total. The summed E-state index contributed by atoms with van der Waals surface area (Å²) < 4.78 is 0. The predicted molar refractivity (Wildman–Crippen MR) is 58.4 cm³/mol. The lowest BCUT2D eigenvalue weighted by Crippen LogP contribution is -1.94. The Hall–Kier alpha value is -0.0100. The van der Waals surface area contributed by atoms with Crippen LogP contribution in [0.1, 0.15) is 24.0 Å². The Bertz CT molecular complexity index is 271. The number of hydrogen-bond acceptors (Lipinski definition) is 0. The van der Waals surface area contributed by atoms with E-state index in [4.69, 9.17) is 11.6 Å². The first kappa shape index (κ1) is 10.1. The van der Waals surface area contributed by atoms with E-state index in [2.05, 4.69) is 35.0 Å². The van der Waals surface area contributed by atoms with Crippen molar-refractivity contribution in [1.82, 2.24) is 0 Å². The van der Waals surface area contributed by atoms with Crippen molar-refractivity contribution < 1.29 is 0 Å². The molecule has 1 aromatic rings. The van der Waals surface area contributed by atoms with Crippen LogP contribution in [-0.4, -0.2) is 5.33 Å². The standard InChI is InChI=1S/C10H12BrCl/c1-7-3-4-9(5-10(7)12)8(2)6-11/h3-5,8H,6H2,1-2H3. The van der Waals surface area contributed by atoms with Crippen molar-refractivity contribution >= 4 is 27.5 Å². The van der Waals surface area contributed by atoms with Crippen LogP contribution >= 0.6 is 27.5 Å². The molecule has 0 bridgehead atoms. The minimum absolute atomic E-state index is 0.531. The van der Waals surface area contributed by atoms with E-state index in [-0.39, 0.29) is 0 Å². The highest BCUT2D eigenvalue weighted by atomic mass is 79.9. The van der Waals surface area contributed by atoms with Gasteiger partial charge in [0.05, 0.1) is 0 Å². The van der Waals surface area contributed by atoms with Gasteiger partial charge < -0.3 is 0 Å². The second-order valence-electron chi connectivity index (χ2n) is 3.06. The Balaban J connectivity index is 2.96. The molecule has 0 spiro atoms. The summed E-state index contributed by atoms with van der Waals surface area (Å²) in [5.74, 6) is 0.531. The molecule has 0 fully saturated rings. The van der Waals surface area contributed by atoms with Crippen LogP contribution in [0, 0.1) is 6.92 Å². The molecular formula is C10H12BrCl. The summed E-state index contributed by atoms with van der Waals surface area (Å²) in [5.41, 5.74) is 2.43. The van der Waals surface area contributed by atoms with Crippen molar-refractivity contribution in [3.05, 3.63) is 34.3 Å². The molecule has 1 rings (SSSR count). The summed E-state index contributed by atoms with van der Waals surface area (Å²) >= 11 is 9.45. The van der Waals surface area contributed by atoms with Gasteiger partial charge in [0.25, 0.3) is 0 Å². The smallest absolute Gasteiger partial charge is 0.0438 e. The summed E-state index contributed by atoms with van der Waals surface area (Å²) in [6.45, 7) is 4.20. The Morgan fingerprint density at radius 2 is 2.17 bits per heavy atom. The number of rotatable bonds is 2. The lowest BCUT2D eigenvalue weighted by molar-refractivity contribution is 0.887. The number of aryl methyl sites for hydroxylation is 1. The Labute approximate surface area is 87.1 Å². The summed E-state index contributed by atoms with van der Waals surface area (Å²) in [6, 6.07) is 6.24. The van der Waals surface area contributed by atoms with E-state index in [0.717, 1.165) is 15.9 Å². The van der Waals surface area contributed by atoms with Gasteiger partial charge in [-0.15, -0.1) is 0 Å². The lowest BCUT2D eigenvalue weighted by Gasteiger charge is -2.08. The minimum atomic E-state index is 0.531. The van der Waals surface area contributed by atoms with Gasteiger partial charge in [-0.25, -0.2) is 0 Å². The van der Waals surface area contributed by atoms with Crippen molar-refractivity contribution in [1.29, 1.82) is 0 Å². The third-order valence-electron chi connectivity index (χ3n) is 2.00. The van der Waals surface area contributed by atoms with Crippen molar-refractivity contribution in [3.63, 3.8) is 0 Å². The molecule has 0 heterocycles. The average molecular weight is 248 g/mol. The summed E-state index contributed by atoms with van der Waals surface area (Å²) in [6.07, 6.45) is 0. The fraction of sp³-hybridized carbons (Fsp3) is 0.400. The maximum atomic E-state index is 6.00. The molecule has 0 aliphatic heterocycles. The largest absolute Gasteiger partial charge is 0.0922 e. The van der Waals surface area contributed by atoms with Gasteiger partial charge in [-0.1, -0.05) is 46.6 Å². The molecule has 1 atom stereocenters. The van der Waals surface area contributed by atoms with Gasteiger partial charge in [0.2, 0.25) is 0 Å². The van der Waals surface area contributed by atoms with Crippen molar-refractivity contribution in [2.45, 2.75) is 19.8 Å². The van der Waals surface area contributed by atoms with Crippen LogP contribution in [0.2, 0.25) is 5.02 Å². The third kappa shape index (κ3) is 2.24. The highest BCUT2D eigenvalue weighted by molar-refractivity contribution is 9.09. The van der Waals surface area contributed by atoms with Gasteiger partial charge in [-0.3, -0.25) is 0 Å². The van der Waals surface area contributed by atoms with Crippen molar-refractivity contribution in [3.8, 4) is 0 Å². The van der Waals surface area contributed by atoms with Crippen LogP contribution in [0.3, 0.4) is 0 Å². The zero-order valence-corrected chi connectivity index (χ0v) is 9.61. The zero-order valence-electron chi connectivity index (χ0n) is 7.27. The topological polar surface area (TPSA) is 0 Å². The maximum Gasteiger partial charge on any atom is 0.0438 e. The Morgan fingerprint density at radius 3 is 2.67 bits per heavy atom. The molecule has 0 aliphatic rings. The molecule has 0 saturated carbocycles. The number of halogens is 2. The number of alkyl halides is 1. The molecule has 66 valence electrons. The third-order valence-corrected chi connectivity index (χ3v) is 3.37. The zero-order chi connectivity index (χ0) is 9.14. The molecule has 12 heavy (non-hydrogen) atoms. The minimum Gasteiger partial charge on any atom is -0.0922 e. The molecular weight excluding hydrogens is 235 g/mol. The van der Waals surface area contributed by atoms with Gasteiger partial charge in [0, 0.05) is 10.4 Å². The predicted octanol–water partition coefficient (Wildman–Crippen LogP) is 4.15. The molecule has 1 unspecified atom stereocenters. The quantitative estimate of drug-likeness (QED) is 0.689. The molecule has 0 aliphatic carbocycles. The van der Waals surface area contributed by atoms with E-state index in [0.29, 0.717) is 5.92 Å². The van der Waals surface area contributed by atoms with Crippen LogP contribution in [0.25, 0.3) is 0 Å². The first-order valence-corrected chi connectivity index (χ1v) is 5.47. The van der Waals surface area contributed by atoms with Crippen molar-refractivity contribution in [2.24, 2.45) is 0 Å². The average Bonchev–Trinajstić information content (AvgIpc) is 2.08. The van der Waals surface area contributed by atoms with E-state index in [1.165, 1.54) is 5.56 Å². The van der Waals surface area contributed by atoms with E-state index in [1.807, 2.05) is 13.0 Å². The lowest BCUT2D eigenvalue weighted by atomic mass is 10.0. The molecule has 0 N–H and O–H groups in total. The second-order valence-corrected chi connectivity index (χ2v) is 4.12. The Kier molecular flexibility index (Phi) is 3.60. The number of hydrogen-bond donors (Lipinski definition) is 0. The van der Waals surface area contributed by atoms with Gasteiger partial charge in [0.1, 0.15) is 0 Å². The summed E-state index contributed by atoms with van der Waals surface area (Å²) in [4.78, 5) is 0. The molecule has 0 aromatic heterocycles. The molecule has 0 amide bonds. The van der Waals surface area contributed by atoms with Crippen LogP contribution in [-0.2, 0) is 0 Å². The number of benzene rings is 1. The first-order chi connectivity index (χ1) is 5.65. The van der Waals surface area contributed by atoms with Gasteiger partial charge >= 0.3 is 0 Å². The van der Waals surface area contributed by atoms with E-state index in [9.17, 15) is 0 Å². The molecule has 1 aromatic carbocycles. The molecule has 0 radical (unpaired) electrons. The fourth-order valence-electron chi connectivity index (χ4n) is 1.00. The molecule has 0 saturated heterocycles. The first-order valence-electron chi connectivity index (χ1n) is 3.97. The summed E-state index contributed by atoms with van der Waals surface area (Å²) in [7, 11) is 0. The van der Waals surface area contributed by atoms with Gasteiger partial charge in [-0.2, -0.15) is 0 Å². The normalized spacial score (nSPS) is 13.0. The van der Waals surface area contributed by atoms with E-state index < -0.39 is 0 Å². The maximum absolute atomic E-state index is 6.00. The molecule has 2 heteroatoms.